The van der Waals surface area contributed by atoms with Crippen molar-refractivity contribution >= 4 is 11.5 Å². The molecule has 0 bridgehead atoms. The minimum atomic E-state index is -0.205. The monoisotopic (exact) mass is 337 g/mol. The zero-order valence-corrected chi connectivity index (χ0v) is 14.7. The van der Waals surface area contributed by atoms with Gasteiger partial charge in [0, 0.05) is 12.4 Å². The van der Waals surface area contributed by atoms with Crippen LogP contribution in [0, 0.1) is 0 Å². The Bertz CT molecular complexity index is 852. The van der Waals surface area contributed by atoms with Crippen LogP contribution >= 0.6 is 0 Å². The normalized spacial score (nSPS) is 10.8. The number of fused-ring (bicyclic) bond motifs is 1. The van der Waals surface area contributed by atoms with Crippen molar-refractivity contribution in [2.75, 3.05) is 6.61 Å². The van der Waals surface area contributed by atoms with E-state index in [-0.39, 0.29) is 12.4 Å². The average Bonchev–Trinajstić information content (AvgIpc) is 2.99. The number of nitrogens with zero attached hydrogens (tertiary/aromatic N) is 1. The van der Waals surface area contributed by atoms with Crippen LogP contribution in [0.5, 0.6) is 5.75 Å². The van der Waals surface area contributed by atoms with E-state index in [0.29, 0.717) is 13.2 Å². The molecule has 0 radical (unpaired) electrons. The molecule has 0 spiro atoms. The van der Waals surface area contributed by atoms with Gasteiger partial charge >= 0.3 is 5.97 Å². The number of hydrogen-bond donors (Lipinski definition) is 0. The Balaban J connectivity index is 1.95. The van der Waals surface area contributed by atoms with E-state index >= 15 is 0 Å². The third-order valence-corrected chi connectivity index (χ3v) is 4.20. The van der Waals surface area contributed by atoms with E-state index in [9.17, 15) is 4.79 Å². The fraction of sp³-hybridized carbons (Fsp3) is 0.286. The quantitative estimate of drug-likeness (QED) is 0.607. The molecule has 25 heavy (non-hydrogen) atoms. The third-order valence-electron chi connectivity index (χ3n) is 4.20. The Kier molecular flexibility index (Phi) is 5.39. The fourth-order valence-electron chi connectivity index (χ4n) is 3.02. The Labute approximate surface area is 148 Å². The van der Waals surface area contributed by atoms with Crippen LogP contribution in [0.15, 0.2) is 54.9 Å². The number of aromatic nitrogens is 1. The molecular weight excluding hydrogens is 314 g/mol. The third kappa shape index (κ3) is 3.85. The Morgan fingerprint density at radius 2 is 1.88 bits per heavy atom. The van der Waals surface area contributed by atoms with Gasteiger partial charge in [-0.2, -0.15) is 0 Å². The molecule has 0 aliphatic heterocycles. The van der Waals surface area contributed by atoms with Crippen LogP contribution in [-0.2, 0) is 29.0 Å². The summed E-state index contributed by atoms with van der Waals surface area (Å²) in [5.74, 6) is 0.577. The predicted molar refractivity (Wildman–Crippen MR) is 97.9 cm³/mol. The lowest BCUT2D eigenvalue weighted by Gasteiger charge is -2.10. The van der Waals surface area contributed by atoms with Gasteiger partial charge in [-0.25, -0.2) is 0 Å². The van der Waals surface area contributed by atoms with Gasteiger partial charge in [0.2, 0.25) is 0 Å². The molecule has 0 saturated carbocycles. The summed E-state index contributed by atoms with van der Waals surface area (Å²) >= 11 is 0. The molecule has 3 aromatic rings. The van der Waals surface area contributed by atoms with Crippen molar-refractivity contribution in [2.45, 2.75) is 33.3 Å². The van der Waals surface area contributed by atoms with Crippen LogP contribution in [0.4, 0.5) is 0 Å². The number of esters is 1. The van der Waals surface area contributed by atoms with Gasteiger partial charge in [-0.3, -0.25) is 4.79 Å². The Morgan fingerprint density at radius 3 is 2.60 bits per heavy atom. The lowest BCUT2D eigenvalue weighted by molar-refractivity contribution is -0.142. The van der Waals surface area contributed by atoms with Crippen LogP contribution in [-0.4, -0.2) is 17.0 Å². The zero-order valence-electron chi connectivity index (χ0n) is 14.7. The summed E-state index contributed by atoms with van der Waals surface area (Å²) in [5, 5.41) is 0. The number of carbonyl (C=O) groups excluding carboxylic acids is 1. The second-order valence-corrected chi connectivity index (χ2v) is 5.87. The van der Waals surface area contributed by atoms with E-state index in [1.165, 1.54) is 0 Å². The minimum Gasteiger partial charge on any atom is -0.487 e. The number of rotatable bonds is 7. The molecule has 0 fully saturated rings. The maximum absolute atomic E-state index is 12.0. The van der Waals surface area contributed by atoms with Gasteiger partial charge in [-0.05, 0) is 42.2 Å². The summed E-state index contributed by atoms with van der Waals surface area (Å²) in [6.07, 6.45) is 5.17. The van der Waals surface area contributed by atoms with Crippen LogP contribution in [0.25, 0.3) is 5.52 Å². The summed E-state index contributed by atoms with van der Waals surface area (Å²) in [4.78, 5) is 12.0. The van der Waals surface area contributed by atoms with E-state index in [1.807, 2.05) is 60.0 Å². The summed E-state index contributed by atoms with van der Waals surface area (Å²) in [5.41, 5.74) is 4.19. The molecule has 130 valence electrons. The molecule has 2 aromatic heterocycles. The van der Waals surface area contributed by atoms with Crippen LogP contribution in [0.3, 0.4) is 0 Å². The largest absolute Gasteiger partial charge is 0.487 e. The summed E-state index contributed by atoms with van der Waals surface area (Å²) in [7, 11) is 0. The first-order valence-corrected chi connectivity index (χ1v) is 8.66. The highest BCUT2D eigenvalue weighted by Crippen LogP contribution is 2.29. The fourth-order valence-corrected chi connectivity index (χ4v) is 3.02. The molecule has 0 N–H and O–H groups in total. The maximum atomic E-state index is 12.0. The number of aryl methyl sites for hydroxylation is 1. The summed E-state index contributed by atoms with van der Waals surface area (Å²) < 4.78 is 13.3. The first kappa shape index (κ1) is 17.1. The standard InChI is InChI=1S/C21H23NO3/c1-3-17-14-22-12-8-11-19(25-15-16-9-6-5-7-10-16)21(22)18(17)13-20(23)24-4-2/h5-12,14H,3-4,13,15H2,1-2H3. The van der Waals surface area contributed by atoms with E-state index < -0.39 is 0 Å². The first-order chi connectivity index (χ1) is 12.2. The van der Waals surface area contributed by atoms with Crippen molar-refractivity contribution in [3.63, 3.8) is 0 Å². The van der Waals surface area contributed by atoms with Crippen LogP contribution in [0.2, 0.25) is 0 Å². The Morgan fingerprint density at radius 1 is 1.08 bits per heavy atom. The number of pyridine rings is 1. The van der Waals surface area contributed by atoms with Crippen molar-refractivity contribution in [2.24, 2.45) is 0 Å². The highest BCUT2D eigenvalue weighted by Gasteiger charge is 2.17. The van der Waals surface area contributed by atoms with Crippen molar-refractivity contribution in [1.29, 1.82) is 0 Å². The highest BCUT2D eigenvalue weighted by atomic mass is 16.5. The van der Waals surface area contributed by atoms with E-state index in [0.717, 1.165) is 34.4 Å². The lowest BCUT2D eigenvalue weighted by Crippen LogP contribution is -2.09. The first-order valence-electron chi connectivity index (χ1n) is 8.66. The molecule has 0 atom stereocenters. The SMILES string of the molecule is CCOC(=O)Cc1c(CC)cn2cccc(OCc3ccccc3)c12. The topological polar surface area (TPSA) is 39.9 Å². The molecule has 4 nitrogen and oxygen atoms in total. The molecule has 0 unspecified atom stereocenters. The molecule has 0 amide bonds. The molecule has 0 saturated heterocycles. The van der Waals surface area contributed by atoms with Gasteiger partial charge < -0.3 is 13.9 Å². The van der Waals surface area contributed by atoms with Crippen LogP contribution in [0.1, 0.15) is 30.5 Å². The zero-order chi connectivity index (χ0) is 17.6. The maximum Gasteiger partial charge on any atom is 0.310 e. The number of carbonyl (C=O) groups is 1. The molecule has 4 heteroatoms. The van der Waals surface area contributed by atoms with Gasteiger partial charge in [-0.15, -0.1) is 0 Å². The van der Waals surface area contributed by atoms with Crippen molar-refractivity contribution in [1.82, 2.24) is 4.40 Å². The van der Waals surface area contributed by atoms with Gasteiger partial charge in [0.05, 0.1) is 18.5 Å². The van der Waals surface area contributed by atoms with Gasteiger partial charge in [0.1, 0.15) is 12.4 Å². The summed E-state index contributed by atoms with van der Waals surface area (Å²) in [6, 6.07) is 14.0. The number of ether oxygens (including phenoxy) is 2. The summed E-state index contributed by atoms with van der Waals surface area (Å²) in [6.45, 7) is 4.80. The van der Waals surface area contributed by atoms with E-state index in [1.54, 1.807) is 0 Å². The van der Waals surface area contributed by atoms with E-state index in [2.05, 4.69) is 13.1 Å². The van der Waals surface area contributed by atoms with Crippen molar-refractivity contribution in [3.05, 3.63) is 71.5 Å². The minimum absolute atomic E-state index is 0.205. The number of hydrogen-bond acceptors (Lipinski definition) is 3. The molecule has 2 heterocycles. The molecule has 1 aromatic carbocycles. The molecule has 3 rings (SSSR count). The van der Waals surface area contributed by atoms with E-state index in [4.69, 9.17) is 9.47 Å². The average molecular weight is 337 g/mol. The number of benzene rings is 1. The lowest BCUT2D eigenvalue weighted by atomic mass is 10.1. The van der Waals surface area contributed by atoms with Crippen molar-refractivity contribution < 1.29 is 14.3 Å². The highest BCUT2D eigenvalue weighted by molar-refractivity contribution is 5.80. The van der Waals surface area contributed by atoms with Crippen LogP contribution < -0.4 is 4.74 Å². The predicted octanol–water partition coefficient (Wildman–Crippen LogP) is 4.19. The Hall–Kier alpha value is -2.75. The smallest absolute Gasteiger partial charge is 0.310 e. The second kappa shape index (κ2) is 7.88. The second-order valence-electron chi connectivity index (χ2n) is 5.87. The van der Waals surface area contributed by atoms with Gasteiger partial charge in [0.25, 0.3) is 0 Å². The van der Waals surface area contributed by atoms with Crippen molar-refractivity contribution in [3.8, 4) is 5.75 Å². The molecule has 0 aliphatic rings. The molecule has 0 aliphatic carbocycles. The van der Waals surface area contributed by atoms with Gasteiger partial charge in [-0.1, -0.05) is 37.3 Å². The molecular formula is C21H23NO3. The van der Waals surface area contributed by atoms with Gasteiger partial charge in [0.15, 0.2) is 0 Å².